The molecule has 3 N–H and O–H groups in total. The fourth-order valence-corrected chi connectivity index (χ4v) is 4.64. The zero-order valence-corrected chi connectivity index (χ0v) is 18.3. The predicted molar refractivity (Wildman–Crippen MR) is 121 cm³/mol. The summed E-state index contributed by atoms with van der Waals surface area (Å²) in [6, 6.07) is 12.4. The standard InChI is InChI=1S/C25H31N3O4/c29-22-10-9-18(15-23(22)30)14-20(17-27-11-3-4-12-27)26-24(31)8-5-13-28-16-19-6-1-2-7-21(19)25(28)32/h1-2,6-7,9-10,15,20,29-30H,3-5,8,11-14,16-17H2,(H,26,31)/t20-/m0/s1. The number of amides is 2. The number of aromatic hydroxyl groups is 2. The van der Waals surface area contributed by atoms with Gasteiger partial charge in [0.2, 0.25) is 5.91 Å². The van der Waals surface area contributed by atoms with Crippen molar-refractivity contribution in [1.82, 2.24) is 15.1 Å². The Morgan fingerprint density at radius 1 is 1.06 bits per heavy atom. The zero-order valence-electron chi connectivity index (χ0n) is 18.3. The molecule has 0 unspecified atom stereocenters. The van der Waals surface area contributed by atoms with E-state index >= 15 is 0 Å². The summed E-state index contributed by atoms with van der Waals surface area (Å²) >= 11 is 0. The molecule has 2 aliphatic rings. The summed E-state index contributed by atoms with van der Waals surface area (Å²) in [5.41, 5.74) is 2.68. The van der Waals surface area contributed by atoms with Crippen LogP contribution in [-0.4, -0.2) is 64.0 Å². The molecule has 0 bridgehead atoms. The molecule has 170 valence electrons. The van der Waals surface area contributed by atoms with E-state index in [-0.39, 0.29) is 29.4 Å². The van der Waals surface area contributed by atoms with E-state index in [9.17, 15) is 19.8 Å². The Balaban J connectivity index is 1.29. The zero-order chi connectivity index (χ0) is 22.5. The molecule has 0 radical (unpaired) electrons. The first-order chi connectivity index (χ1) is 15.5. The molecular formula is C25H31N3O4. The van der Waals surface area contributed by atoms with Gasteiger partial charge in [-0.1, -0.05) is 24.3 Å². The van der Waals surface area contributed by atoms with Crippen molar-refractivity contribution in [2.24, 2.45) is 0 Å². The number of fused-ring (bicyclic) bond motifs is 1. The van der Waals surface area contributed by atoms with Crippen LogP contribution < -0.4 is 5.32 Å². The summed E-state index contributed by atoms with van der Waals surface area (Å²) in [5.74, 6) is -0.279. The Morgan fingerprint density at radius 2 is 1.84 bits per heavy atom. The Kier molecular flexibility index (Phi) is 6.95. The minimum Gasteiger partial charge on any atom is -0.504 e. The van der Waals surface area contributed by atoms with Crippen molar-refractivity contribution in [2.45, 2.75) is 44.7 Å². The molecule has 2 amide bonds. The van der Waals surface area contributed by atoms with Crippen LogP contribution in [0.25, 0.3) is 0 Å². The summed E-state index contributed by atoms with van der Waals surface area (Å²) in [6.07, 6.45) is 3.90. The molecule has 0 aromatic heterocycles. The van der Waals surface area contributed by atoms with Crippen LogP contribution in [0.15, 0.2) is 42.5 Å². The number of nitrogens with one attached hydrogen (secondary N) is 1. The third-order valence-corrected chi connectivity index (χ3v) is 6.29. The normalized spacial score (nSPS) is 16.9. The average Bonchev–Trinajstić information content (AvgIpc) is 3.39. The van der Waals surface area contributed by atoms with Crippen LogP contribution in [0.2, 0.25) is 0 Å². The summed E-state index contributed by atoms with van der Waals surface area (Å²) < 4.78 is 0. The van der Waals surface area contributed by atoms with Gasteiger partial charge in [-0.25, -0.2) is 0 Å². The van der Waals surface area contributed by atoms with Crippen molar-refractivity contribution in [3.63, 3.8) is 0 Å². The van der Waals surface area contributed by atoms with Crippen LogP contribution >= 0.6 is 0 Å². The van der Waals surface area contributed by atoms with E-state index < -0.39 is 0 Å². The maximum absolute atomic E-state index is 12.7. The molecule has 2 heterocycles. The maximum atomic E-state index is 12.7. The van der Waals surface area contributed by atoms with Crippen LogP contribution in [0.1, 0.15) is 47.2 Å². The van der Waals surface area contributed by atoms with Gasteiger partial charge < -0.3 is 25.3 Å². The molecule has 7 heteroatoms. The monoisotopic (exact) mass is 437 g/mol. The van der Waals surface area contributed by atoms with E-state index in [2.05, 4.69) is 10.2 Å². The van der Waals surface area contributed by atoms with Crippen LogP contribution in [-0.2, 0) is 17.8 Å². The number of rotatable bonds is 9. The molecule has 1 atom stereocenters. The smallest absolute Gasteiger partial charge is 0.254 e. The summed E-state index contributed by atoms with van der Waals surface area (Å²) in [6.45, 7) is 3.99. The van der Waals surface area contributed by atoms with Gasteiger partial charge >= 0.3 is 0 Å². The fourth-order valence-electron chi connectivity index (χ4n) is 4.64. The van der Waals surface area contributed by atoms with Crippen molar-refractivity contribution in [3.05, 3.63) is 59.2 Å². The van der Waals surface area contributed by atoms with Crippen molar-refractivity contribution in [2.75, 3.05) is 26.2 Å². The van der Waals surface area contributed by atoms with Crippen molar-refractivity contribution < 1.29 is 19.8 Å². The topological polar surface area (TPSA) is 93.1 Å². The third-order valence-electron chi connectivity index (χ3n) is 6.29. The lowest BCUT2D eigenvalue weighted by Gasteiger charge is -2.25. The number of phenolic OH excluding ortho intramolecular Hbond substituents is 2. The van der Waals surface area contributed by atoms with Gasteiger partial charge in [0, 0.05) is 37.7 Å². The van der Waals surface area contributed by atoms with Crippen LogP contribution in [0.5, 0.6) is 11.5 Å². The number of hydrogen-bond donors (Lipinski definition) is 3. The van der Waals surface area contributed by atoms with Gasteiger partial charge in [0.1, 0.15) is 0 Å². The fraction of sp³-hybridized carbons (Fsp3) is 0.440. The molecule has 32 heavy (non-hydrogen) atoms. The third kappa shape index (κ3) is 5.40. The molecule has 2 aromatic carbocycles. The van der Waals surface area contributed by atoms with Crippen molar-refractivity contribution in [3.8, 4) is 11.5 Å². The Morgan fingerprint density at radius 3 is 2.59 bits per heavy atom. The molecule has 2 aliphatic heterocycles. The van der Waals surface area contributed by atoms with E-state index in [4.69, 9.17) is 0 Å². The molecule has 0 saturated carbocycles. The maximum Gasteiger partial charge on any atom is 0.254 e. The number of likely N-dealkylation sites (tertiary alicyclic amines) is 1. The van der Waals surface area contributed by atoms with Crippen molar-refractivity contribution in [1.29, 1.82) is 0 Å². The Labute approximate surface area is 188 Å². The van der Waals surface area contributed by atoms with Crippen LogP contribution in [0.3, 0.4) is 0 Å². The Bertz CT molecular complexity index is 971. The number of carbonyl (C=O) groups is 2. The van der Waals surface area contributed by atoms with Gasteiger partial charge in [0.05, 0.1) is 0 Å². The van der Waals surface area contributed by atoms with E-state index in [1.165, 1.54) is 18.9 Å². The van der Waals surface area contributed by atoms with E-state index in [0.29, 0.717) is 32.4 Å². The molecule has 7 nitrogen and oxygen atoms in total. The second kappa shape index (κ2) is 10.0. The predicted octanol–water partition coefficient (Wildman–Crippen LogP) is 2.66. The van der Waals surface area contributed by atoms with Crippen molar-refractivity contribution >= 4 is 11.8 Å². The Hall–Kier alpha value is -3.06. The van der Waals surface area contributed by atoms with Gasteiger partial charge in [-0.3, -0.25) is 9.59 Å². The van der Waals surface area contributed by atoms with Crippen LogP contribution in [0.4, 0.5) is 0 Å². The van der Waals surface area contributed by atoms with Gasteiger partial charge in [0.15, 0.2) is 11.5 Å². The minimum absolute atomic E-state index is 0.0265. The summed E-state index contributed by atoms with van der Waals surface area (Å²) in [4.78, 5) is 29.3. The number of carbonyl (C=O) groups excluding carboxylic acids is 2. The first kappa shape index (κ1) is 22.1. The van der Waals surface area contributed by atoms with E-state index in [1.54, 1.807) is 17.0 Å². The highest BCUT2D eigenvalue weighted by Gasteiger charge is 2.26. The van der Waals surface area contributed by atoms with Gasteiger partial charge in [-0.05, 0) is 68.1 Å². The second-order valence-electron chi connectivity index (χ2n) is 8.79. The first-order valence-corrected chi connectivity index (χ1v) is 11.4. The minimum atomic E-state index is -0.148. The highest BCUT2D eigenvalue weighted by Crippen LogP contribution is 2.26. The second-order valence-corrected chi connectivity index (χ2v) is 8.79. The number of nitrogens with zero attached hydrogens (tertiary/aromatic N) is 2. The number of phenols is 2. The summed E-state index contributed by atoms with van der Waals surface area (Å²) in [7, 11) is 0. The largest absolute Gasteiger partial charge is 0.504 e. The summed E-state index contributed by atoms with van der Waals surface area (Å²) in [5, 5.41) is 22.5. The molecule has 0 spiro atoms. The molecule has 0 aliphatic carbocycles. The van der Waals surface area contributed by atoms with E-state index in [1.807, 2.05) is 24.3 Å². The molecular weight excluding hydrogens is 406 g/mol. The molecule has 4 rings (SSSR count). The lowest BCUT2D eigenvalue weighted by atomic mass is 10.0. The SMILES string of the molecule is O=C(CCCN1Cc2ccccc2C1=O)N[C@@H](Cc1ccc(O)c(O)c1)CN1CCCC1. The molecule has 1 fully saturated rings. The first-order valence-electron chi connectivity index (χ1n) is 11.4. The highest BCUT2D eigenvalue weighted by molar-refractivity contribution is 5.98. The lowest BCUT2D eigenvalue weighted by molar-refractivity contribution is -0.122. The highest BCUT2D eigenvalue weighted by atomic mass is 16.3. The quantitative estimate of drug-likeness (QED) is 0.525. The lowest BCUT2D eigenvalue weighted by Crippen LogP contribution is -2.44. The van der Waals surface area contributed by atoms with Gasteiger partial charge in [-0.2, -0.15) is 0 Å². The number of hydrogen-bond acceptors (Lipinski definition) is 5. The van der Waals surface area contributed by atoms with E-state index in [0.717, 1.165) is 36.3 Å². The van der Waals surface area contributed by atoms with Crippen LogP contribution in [0, 0.1) is 0 Å². The number of benzene rings is 2. The van der Waals surface area contributed by atoms with Gasteiger partial charge in [0.25, 0.3) is 5.91 Å². The van der Waals surface area contributed by atoms with Gasteiger partial charge in [-0.15, -0.1) is 0 Å². The molecule has 2 aromatic rings. The average molecular weight is 438 g/mol. The molecule has 1 saturated heterocycles.